The SMILES string of the molecule is O=c1[nH]c2ccc(Nc3ncnc4sc5c(c34)CCCC5)cc2s1. The highest BCUT2D eigenvalue weighted by atomic mass is 32.1. The second-order valence-corrected chi connectivity index (χ2v) is 8.06. The maximum absolute atomic E-state index is 11.5. The van der Waals surface area contributed by atoms with Crippen molar-refractivity contribution < 1.29 is 0 Å². The molecule has 2 N–H and O–H groups in total. The largest absolute Gasteiger partial charge is 0.340 e. The fraction of sp³-hybridized carbons (Fsp3) is 0.235. The Morgan fingerprint density at radius 3 is 3.00 bits per heavy atom. The average Bonchev–Trinajstić information content (AvgIpc) is 3.14. The highest BCUT2D eigenvalue weighted by Gasteiger charge is 2.19. The van der Waals surface area contributed by atoms with Gasteiger partial charge in [-0.2, -0.15) is 0 Å². The van der Waals surface area contributed by atoms with Crippen LogP contribution in [0.25, 0.3) is 20.4 Å². The third-order valence-electron chi connectivity index (χ3n) is 4.44. The maximum Gasteiger partial charge on any atom is 0.305 e. The van der Waals surface area contributed by atoms with Gasteiger partial charge in [0.2, 0.25) is 0 Å². The van der Waals surface area contributed by atoms with Crippen molar-refractivity contribution in [1.29, 1.82) is 0 Å². The second kappa shape index (κ2) is 5.39. The molecule has 24 heavy (non-hydrogen) atoms. The first-order valence-electron chi connectivity index (χ1n) is 7.93. The van der Waals surface area contributed by atoms with E-state index in [1.165, 1.54) is 40.0 Å². The number of H-pyrrole nitrogens is 1. The summed E-state index contributed by atoms with van der Waals surface area (Å²) in [4.78, 5) is 25.8. The summed E-state index contributed by atoms with van der Waals surface area (Å²) >= 11 is 3.02. The van der Waals surface area contributed by atoms with E-state index in [2.05, 4.69) is 20.3 Å². The molecule has 0 fully saturated rings. The van der Waals surface area contributed by atoms with Crippen molar-refractivity contribution >= 4 is 54.6 Å². The number of aromatic amines is 1. The van der Waals surface area contributed by atoms with Gasteiger partial charge in [-0.05, 0) is 49.4 Å². The Labute approximate surface area is 145 Å². The summed E-state index contributed by atoms with van der Waals surface area (Å²) in [5.74, 6) is 0.863. The normalized spacial score (nSPS) is 14.2. The Morgan fingerprint density at radius 1 is 1.12 bits per heavy atom. The van der Waals surface area contributed by atoms with E-state index in [-0.39, 0.29) is 4.87 Å². The van der Waals surface area contributed by atoms with Gasteiger partial charge in [0.25, 0.3) is 0 Å². The molecule has 0 amide bonds. The molecule has 5 nitrogen and oxygen atoms in total. The quantitative estimate of drug-likeness (QED) is 0.565. The minimum atomic E-state index is -0.0292. The molecule has 0 atom stereocenters. The van der Waals surface area contributed by atoms with Crippen LogP contribution in [0, 0.1) is 0 Å². The average molecular weight is 354 g/mol. The molecular formula is C17H14N4OS2. The lowest BCUT2D eigenvalue weighted by Crippen LogP contribution is -2.00. The summed E-state index contributed by atoms with van der Waals surface area (Å²) < 4.78 is 0.947. The Balaban J connectivity index is 1.62. The lowest BCUT2D eigenvalue weighted by molar-refractivity contribution is 0.700. The van der Waals surface area contributed by atoms with Crippen LogP contribution in [0.5, 0.6) is 0 Å². The van der Waals surface area contributed by atoms with Gasteiger partial charge in [-0.3, -0.25) is 4.79 Å². The second-order valence-electron chi connectivity index (χ2n) is 5.96. The van der Waals surface area contributed by atoms with Gasteiger partial charge in [-0.1, -0.05) is 11.3 Å². The summed E-state index contributed by atoms with van der Waals surface area (Å²) in [6.45, 7) is 0. The first-order valence-corrected chi connectivity index (χ1v) is 9.56. The van der Waals surface area contributed by atoms with Gasteiger partial charge >= 0.3 is 4.87 Å². The molecular weight excluding hydrogens is 340 g/mol. The molecule has 0 spiro atoms. The molecule has 3 heterocycles. The lowest BCUT2D eigenvalue weighted by atomic mass is 9.97. The van der Waals surface area contributed by atoms with Crippen molar-refractivity contribution in [2.24, 2.45) is 0 Å². The molecule has 0 aliphatic heterocycles. The van der Waals surface area contributed by atoms with E-state index in [1.54, 1.807) is 17.7 Å². The molecule has 1 aliphatic rings. The van der Waals surface area contributed by atoms with Gasteiger partial charge < -0.3 is 10.3 Å². The number of aryl methyl sites for hydroxylation is 2. The van der Waals surface area contributed by atoms with E-state index in [0.29, 0.717) is 0 Å². The van der Waals surface area contributed by atoms with E-state index in [4.69, 9.17) is 0 Å². The molecule has 7 heteroatoms. The third-order valence-corrected chi connectivity index (χ3v) is 6.48. The zero-order valence-electron chi connectivity index (χ0n) is 12.8. The van der Waals surface area contributed by atoms with Crippen molar-refractivity contribution in [3.63, 3.8) is 0 Å². The minimum absolute atomic E-state index is 0.0292. The number of hydrogen-bond donors (Lipinski definition) is 2. The number of thiazole rings is 1. The number of fused-ring (bicyclic) bond motifs is 4. The fourth-order valence-electron chi connectivity index (χ4n) is 3.34. The minimum Gasteiger partial charge on any atom is -0.340 e. The first-order chi connectivity index (χ1) is 11.8. The first kappa shape index (κ1) is 14.1. The van der Waals surface area contributed by atoms with Gasteiger partial charge in [-0.15, -0.1) is 11.3 Å². The molecule has 1 aliphatic carbocycles. The molecule has 0 saturated carbocycles. The highest BCUT2D eigenvalue weighted by Crippen LogP contribution is 2.39. The molecule has 0 radical (unpaired) electrons. The summed E-state index contributed by atoms with van der Waals surface area (Å²) in [6, 6.07) is 5.89. The van der Waals surface area contributed by atoms with E-state index >= 15 is 0 Å². The van der Waals surface area contributed by atoms with Gasteiger partial charge in [0.1, 0.15) is 17.0 Å². The molecule has 1 aromatic carbocycles. The number of anilines is 2. The van der Waals surface area contributed by atoms with Crippen LogP contribution in [0.4, 0.5) is 11.5 Å². The van der Waals surface area contributed by atoms with Crippen LogP contribution >= 0.6 is 22.7 Å². The van der Waals surface area contributed by atoms with Crippen LogP contribution in [0.2, 0.25) is 0 Å². The van der Waals surface area contributed by atoms with Crippen molar-refractivity contribution in [3.8, 4) is 0 Å². The van der Waals surface area contributed by atoms with E-state index in [0.717, 1.165) is 39.4 Å². The Kier molecular flexibility index (Phi) is 3.17. The van der Waals surface area contributed by atoms with Crippen LogP contribution in [0.15, 0.2) is 29.3 Å². The van der Waals surface area contributed by atoms with E-state index in [1.807, 2.05) is 18.2 Å². The predicted octanol–water partition coefficient (Wildman–Crippen LogP) is 4.22. The smallest absolute Gasteiger partial charge is 0.305 e. The zero-order valence-corrected chi connectivity index (χ0v) is 14.4. The summed E-state index contributed by atoms with van der Waals surface area (Å²) in [6.07, 6.45) is 6.38. The molecule has 0 bridgehead atoms. The van der Waals surface area contributed by atoms with Gasteiger partial charge in [-0.25, -0.2) is 9.97 Å². The van der Waals surface area contributed by atoms with Crippen molar-refractivity contribution in [2.45, 2.75) is 25.7 Å². The maximum atomic E-state index is 11.5. The van der Waals surface area contributed by atoms with Crippen LogP contribution in [0.1, 0.15) is 23.3 Å². The van der Waals surface area contributed by atoms with Gasteiger partial charge in [0.15, 0.2) is 0 Å². The molecule has 120 valence electrons. The number of thiophene rings is 1. The van der Waals surface area contributed by atoms with Crippen LogP contribution in [0.3, 0.4) is 0 Å². The highest BCUT2D eigenvalue weighted by molar-refractivity contribution is 7.19. The lowest BCUT2D eigenvalue weighted by Gasteiger charge is -2.12. The Morgan fingerprint density at radius 2 is 2.04 bits per heavy atom. The summed E-state index contributed by atoms with van der Waals surface area (Å²) in [7, 11) is 0. The van der Waals surface area contributed by atoms with Crippen LogP contribution in [-0.4, -0.2) is 15.0 Å². The monoisotopic (exact) mass is 354 g/mol. The Bertz CT molecular complexity index is 1120. The molecule has 3 aromatic heterocycles. The number of nitrogens with zero attached hydrogens (tertiary/aromatic N) is 2. The number of aromatic nitrogens is 3. The molecule has 0 unspecified atom stereocenters. The summed E-state index contributed by atoms with van der Waals surface area (Å²) in [5.41, 5.74) is 3.22. The number of rotatable bonds is 2. The van der Waals surface area contributed by atoms with Crippen molar-refractivity contribution in [1.82, 2.24) is 15.0 Å². The van der Waals surface area contributed by atoms with E-state index in [9.17, 15) is 4.79 Å². The number of benzene rings is 1. The van der Waals surface area contributed by atoms with Crippen molar-refractivity contribution in [2.75, 3.05) is 5.32 Å². The van der Waals surface area contributed by atoms with Crippen LogP contribution < -0.4 is 10.2 Å². The van der Waals surface area contributed by atoms with E-state index < -0.39 is 0 Å². The fourth-order valence-corrected chi connectivity index (χ4v) is 5.35. The molecule has 0 saturated heterocycles. The predicted molar refractivity (Wildman–Crippen MR) is 99.8 cm³/mol. The van der Waals surface area contributed by atoms with Crippen molar-refractivity contribution in [3.05, 3.63) is 44.6 Å². The number of hydrogen-bond acceptors (Lipinski definition) is 6. The topological polar surface area (TPSA) is 70.7 Å². The summed E-state index contributed by atoms with van der Waals surface area (Å²) in [5, 5.41) is 4.60. The third kappa shape index (κ3) is 2.23. The molecule has 4 aromatic rings. The Hall–Kier alpha value is -2.25. The zero-order chi connectivity index (χ0) is 16.1. The van der Waals surface area contributed by atoms with Gasteiger partial charge in [0.05, 0.1) is 15.6 Å². The molecule has 5 rings (SSSR count). The standard InChI is InChI=1S/C17H14N4OS2/c22-17-21-11-6-5-9(7-13(11)24-17)20-15-14-10-3-1-2-4-12(10)23-16(14)19-8-18-15/h5-8H,1-4H2,(H,21,22)(H,18,19,20). The number of nitrogens with one attached hydrogen (secondary N) is 2. The van der Waals surface area contributed by atoms with Gasteiger partial charge in [0, 0.05) is 10.6 Å². The van der Waals surface area contributed by atoms with Crippen LogP contribution in [-0.2, 0) is 12.8 Å².